The predicted molar refractivity (Wildman–Crippen MR) is 113 cm³/mol. The van der Waals surface area contributed by atoms with E-state index in [1.165, 1.54) is 11.8 Å². The van der Waals surface area contributed by atoms with Crippen LogP contribution in [0, 0.1) is 6.92 Å². The summed E-state index contributed by atoms with van der Waals surface area (Å²) in [6, 6.07) is 15.2. The van der Waals surface area contributed by atoms with Gasteiger partial charge >= 0.3 is 0 Å². The lowest BCUT2D eigenvalue weighted by molar-refractivity contribution is 0.288. The number of nitrogens with one attached hydrogen (secondary N) is 1. The van der Waals surface area contributed by atoms with E-state index >= 15 is 0 Å². The average Bonchev–Trinajstić information content (AvgIpc) is 3.07. The highest BCUT2D eigenvalue weighted by molar-refractivity contribution is 7.99. The highest BCUT2D eigenvalue weighted by Gasteiger charge is 2.17. The van der Waals surface area contributed by atoms with E-state index in [-0.39, 0.29) is 10.8 Å². The van der Waals surface area contributed by atoms with Crippen LogP contribution < -0.4 is 10.3 Å². The summed E-state index contributed by atoms with van der Waals surface area (Å²) >= 11 is 1.49. The molecule has 4 aromatic rings. The van der Waals surface area contributed by atoms with Gasteiger partial charge in [0, 0.05) is 7.05 Å². The van der Waals surface area contributed by atoms with Gasteiger partial charge in [-0.05, 0) is 37.6 Å². The molecule has 2 aromatic heterocycles. The van der Waals surface area contributed by atoms with Crippen molar-refractivity contribution in [1.82, 2.24) is 24.7 Å². The second kappa shape index (κ2) is 8.08. The summed E-state index contributed by atoms with van der Waals surface area (Å²) < 4.78 is 7.78. The molecule has 1 atom stereocenters. The molecule has 8 heteroatoms. The normalized spacial score (nSPS) is 12.2. The molecule has 0 saturated heterocycles. The van der Waals surface area contributed by atoms with Crippen molar-refractivity contribution in [2.24, 2.45) is 7.05 Å². The number of nitrogens with zero attached hydrogens (tertiary/aromatic N) is 4. The van der Waals surface area contributed by atoms with Crippen LogP contribution >= 0.6 is 11.8 Å². The molecule has 148 valence electrons. The van der Waals surface area contributed by atoms with Crippen LogP contribution in [0.2, 0.25) is 0 Å². The van der Waals surface area contributed by atoms with E-state index < -0.39 is 0 Å². The third kappa shape index (κ3) is 4.02. The predicted octanol–water partition coefficient (Wildman–Crippen LogP) is 3.79. The van der Waals surface area contributed by atoms with E-state index in [0.717, 1.165) is 22.3 Å². The SMILES string of the molecule is Cc1ccccc1OCc1nnc(S[C@@H](C)c2nc3ccccc3c(=O)[nH]2)n1C. The Kier molecular flexibility index (Phi) is 5.35. The van der Waals surface area contributed by atoms with Crippen molar-refractivity contribution in [3.05, 3.63) is 76.1 Å². The summed E-state index contributed by atoms with van der Waals surface area (Å²) in [7, 11) is 1.90. The Morgan fingerprint density at radius 1 is 1.14 bits per heavy atom. The fraction of sp³-hybridized carbons (Fsp3) is 0.238. The van der Waals surface area contributed by atoms with Gasteiger partial charge in [0.1, 0.15) is 18.2 Å². The van der Waals surface area contributed by atoms with Crippen molar-refractivity contribution in [2.75, 3.05) is 0 Å². The van der Waals surface area contributed by atoms with Crippen LogP contribution in [0.1, 0.15) is 29.4 Å². The topological polar surface area (TPSA) is 85.7 Å². The van der Waals surface area contributed by atoms with E-state index in [4.69, 9.17) is 4.74 Å². The van der Waals surface area contributed by atoms with Crippen molar-refractivity contribution in [3.8, 4) is 5.75 Å². The second-order valence-electron chi connectivity index (χ2n) is 6.74. The first-order chi connectivity index (χ1) is 14.0. The number of aromatic nitrogens is 5. The van der Waals surface area contributed by atoms with E-state index in [0.29, 0.717) is 23.3 Å². The Hall–Kier alpha value is -3.13. The Bertz CT molecular complexity index is 1220. The zero-order valence-corrected chi connectivity index (χ0v) is 17.2. The molecule has 0 spiro atoms. The number of para-hydroxylation sites is 2. The molecular weight excluding hydrogens is 386 g/mol. The Morgan fingerprint density at radius 3 is 2.72 bits per heavy atom. The number of thioether (sulfide) groups is 1. The van der Waals surface area contributed by atoms with Crippen LogP contribution in [0.5, 0.6) is 5.75 Å². The van der Waals surface area contributed by atoms with Gasteiger partial charge in [-0.3, -0.25) is 4.79 Å². The number of hydrogen-bond donors (Lipinski definition) is 1. The zero-order chi connectivity index (χ0) is 20.4. The quantitative estimate of drug-likeness (QED) is 0.490. The first kappa shape index (κ1) is 19.2. The van der Waals surface area contributed by atoms with Gasteiger partial charge in [-0.2, -0.15) is 0 Å². The standard InChI is InChI=1S/C21H21N5O2S/c1-13-8-4-7-11-17(13)28-12-18-24-25-21(26(18)3)29-14(2)19-22-16-10-6-5-9-15(16)20(27)23-19/h4-11,14H,12H2,1-3H3,(H,22,23,27)/t14-/m0/s1. The summed E-state index contributed by atoms with van der Waals surface area (Å²) in [5.41, 5.74) is 1.62. The summed E-state index contributed by atoms with van der Waals surface area (Å²) in [5.74, 6) is 2.17. The molecule has 0 aliphatic rings. The van der Waals surface area contributed by atoms with Crippen molar-refractivity contribution in [1.29, 1.82) is 0 Å². The van der Waals surface area contributed by atoms with Crippen LogP contribution in [0.4, 0.5) is 0 Å². The lowest BCUT2D eigenvalue weighted by Crippen LogP contribution is -2.13. The molecule has 0 saturated carbocycles. The van der Waals surface area contributed by atoms with Crippen LogP contribution in [0.3, 0.4) is 0 Å². The summed E-state index contributed by atoms with van der Waals surface area (Å²) in [6.45, 7) is 4.32. The minimum absolute atomic E-state index is 0.0969. The molecule has 0 aliphatic heterocycles. The Labute approximate surface area is 172 Å². The van der Waals surface area contributed by atoms with Gasteiger partial charge in [-0.15, -0.1) is 10.2 Å². The molecular formula is C21H21N5O2S. The van der Waals surface area contributed by atoms with Gasteiger partial charge in [-0.25, -0.2) is 4.98 Å². The molecule has 0 aliphatic carbocycles. The third-order valence-corrected chi connectivity index (χ3v) is 5.82. The maximum Gasteiger partial charge on any atom is 0.258 e. The van der Waals surface area contributed by atoms with E-state index in [1.807, 2.05) is 67.9 Å². The van der Waals surface area contributed by atoms with Crippen molar-refractivity contribution in [2.45, 2.75) is 30.9 Å². The molecule has 4 rings (SSSR count). The first-order valence-corrected chi connectivity index (χ1v) is 10.1. The summed E-state index contributed by atoms with van der Waals surface area (Å²) in [4.78, 5) is 19.8. The van der Waals surface area contributed by atoms with E-state index in [9.17, 15) is 4.79 Å². The summed E-state index contributed by atoms with van der Waals surface area (Å²) in [5, 5.41) is 9.75. The number of rotatable bonds is 6. The van der Waals surface area contributed by atoms with Gasteiger partial charge in [0.15, 0.2) is 11.0 Å². The highest BCUT2D eigenvalue weighted by atomic mass is 32.2. The molecule has 2 aromatic carbocycles. The number of benzene rings is 2. The number of ether oxygens (including phenoxy) is 1. The Balaban J connectivity index is 1.50. The van der Waals surface area contributed by atoms with Crippen LogP contribution in [-0.4, -0.2) is 24.7 Å². The van der Waals surface area contributed by atoms with E-state index in [2.05, 4.69) is 20.2 Å². The maximum absolute atomic E-state index is 12.3. The van der Waals surface area contributed by atoms with Crippen LogP contribution in [0.25, 0.3) is 10.9 Å². The van der Waals surface area contributed by atoms with Gasteiger partial charge < -0.3 is 14.3 Å². The fourth-order valence-electron chi connectivity index (χ4n) is 2.95. The van der Waals surface area contributed by atoms with Gasteiger partial charge in [0.05, 0.1) is 16.2 Å². The number of H-pyrrole nitrogens is 1. The molecule has 1 N–H and O–H groups in total. The number of fused-ring (bicyclic) bond motifs is 1. The monoisotopic (exact) mass is 407 g/mol. The first-order valence-electron chi connectivity index (χ1n) is 9.25. The molecule has 0 bridgehead atoms. The average molecular weight is 407 g/mol. The number of hydrogen-bond acceptors (Lipinski definition) is 6. The number of aromatic amines is 1. The molecule has 0 unspecified atom stereocenters. The molecule has 0 radical (unpaired) electrons. The third-order valence-electron chi connectivity index (χ3n) is 4.67. The van der Waals surface area contributed by atoms with Crippen molar-refractivity contribution in [3.63, 3.8) is 0 Å². The second-order valence-corrected chi connectivity index (χ2v) is 8.05. The van der Waals surface area contributed by atoms with Crippen LogP contribution in [-0.2, 0) is 13.7 Å². The molecule has 7 nitrogen and oxygen atoms in total. The van der Waals surface area contributed by atoms with Gasteiger partial charge in [0.25, 0.3) is 5.56 Å². The molecule has 29 heavy (non-hydrogen) atoms. The highest BCUT2D eigenvalue weighted by Crippen LogP contribution is 2.32. The fourth-order valence-corrected chi connectivity index (χ4v) is 3.84. The Morgan fingerprint density at radius 2 is 1.90 bits per heavy atom. The van der Waals surface area contributed by atoms with Gasteiger partial charge in [-0.1, -0.05) is 42.1 Å². The molecule has 2 heterocycles. The van der Waals surface area contributed by atoms with Crippen molar-refractivity contribution >= 4 is 22.7 Å². The van der Waals surface area contributed by atoms with Crippen molar-refractivity contribution < 1.29 is 4.74 Å². The number of aryl methyl sites for hydroxylation is 1. The molecule has 0 amide bonds. The van der Waals surface area contributed by atoms with E-state index in [1.54, 1.807) is 6.07 Å². The molecule has 0 fully saturated rings. The zero-order valence-electron chi connectivity index (χ0n) is 16.4. The summed E-state index contributed by atoms with van der Waals surface area (Å²) in [6.07, 6.45) is 0. The minimum atomic E-state index is -0.136. The minimum Gasteiger partial charge on any atom is -0.485 e. The lowest BCUT2D eigenvalue weighted by Gasteiger charge is -2.11. The van der Waals surface area contributed by atoms with Crippen LogP contribution in [0.15, 0.2) is 58.5 Å². The lowest BCUT2D eigenvalue weighted by atomic mass is 10.2. The maximum atomic E-state index is 12.3. The van der Waals surface area contributed by atoms with Gasteiger partial charge in [0.2, 0.25) is 0 Å². The largest absolute Gasteiger partial charge is 0.485 e. The smallest absolute Gasteiger partial charge is 0.258 e.